The van der Waals surface area contributed by atoms with Crippen molar-refractivity contribution in [1.29, 1.82) is 0 Å². The maximum absolute atomic E-state index is 4.26. The van der Waals surface area contributed by atoms with Crippen molar-refractivity contribution < 1.29 is 0 Å². The first-order valence-electron chi connectivity index (χ1n) is 7.68. The molecule has 1 aliphatic carbocycles. The van der Waals surface area contributed by atoms with E-state index in [2.05, 4.69) is 50.0 Å². The highest BCUT2D eigenvalue weighted by Crippen LogP contribution is 2.27. The van der Waals surface area contributed by atoms with Gasteiger partial charge in [0.15, 0.2) is 5.96 Å². The number of rotatable bonds is 6. The quantitative estimate of drug-likeness (QED) is 0.625. The molecule has 0 aliphatic heterocycles. The van der Waals surface area contributed by atoms with E-state index in [4.69, 9.17) is 0 Å². The molecule has 2 N–H and O–H groups in total. The highest BCUT2D eigenvalue weighted by Gasteiger charge is 2.20. The average molecular weight is 298 g/mol. The van der Waals surface area contributed by atoms with Gasteiger partial charge in [0.25, 0.3) is 0 Å². The molecule has 3 rings (SSSR count). The highest BCUT2D eigenvalue weighted by molar-refractivity contribution is 5.79. The van der Waals surface area contributed by atoms with Crippen molar-refractivity contribution in [3.05, 3.63) is 48.0 Å². The Morgan fingerprint density at radius 2 is 2.18 bits per heavy atom. The van der Waals surface area contributed by atoms with Crippen molar-refractivity contribution in [3.8, 4) is 0 Å². The van der Waals surface area contributed by atoms with E-state index in [0.717, 1.165) is 31.5 Å². The second-order valence-corrected chi connectivity index (χ2v) is 5.66. The molecule has 0 radical (unpaired) electrons. The fourth-order valence-electron chi connectivity index (χ4n) is 2.31. The molecule has 0 unspecified atom stereocenters. The van der Waals surface area contributed by atoms with Crippen LogP contribution in [0.5, 0.6) is 0 Å². The lowest BCUT2D eigenvalue weighted by atomic mass is 10.1. The molecule has 0 atom stereocenters. The van der Waals surface area contributed by atoms with Crippen molar-refractivity contribution in [2.24, 2.45) is 10.9 Å². The van der Waals surface area contributed by atoms with Crippen molar-refractivity contribution in [3.63, 3.8) is 0 Å². The monoisotopic (exact) mass is 298 g/mol. The van der Waals surface area contributed by atoms with E-state index in [-0.39, 0.29) is 0 Å². The smallest absolute Gasteiger partial charge is 0.191 e. The molecule has 1 saturated carbocycles. The molecule has 0 saturated heterocycles. The van der Waals surface area contributed by atoms with Crippen molar-refractivity contribution >= 4 is 5.96 Å². The molecule has 1 aliphatic rings. The summed E-state index contributed by atoms with van der Waals surface area (Å²) in [5, 5.41) is 10.9. The summed E-state index contributed by atoms with van der Waals surface area (Å²) < 4.78 is 1.82. The Balaban J connectivity index is 1.52. The van der Waals surface area contributed by atoms with Crippen LogP contribution in [0.4, 0.5) is 0 Å². The van der Waals surface area contributed by atoms with Crippen LogP contribution in [0.25, 0.3) is 0 Å². The number of aromatic nitrogens is 3. The van der Waals surface area contributed by atoms with Gasteiger partial charge in [0, 0.05) is 20.1 Å². The SMILES string of the molecule is CN=C(NCc1cccc(Cn2cncn2)c1)NCC1CC1. The fourth-order valence-corrected chi connectivity index (χ4v) is 2.31. The van der Waals surface area contributed by atoms with Crippen LogP contribution in [0.1, 0.15) is 24.0 Å². The lowest BCUT2D eigenvalue weighted by molar-refractivity contribution is 0.683. The molecule has 1 heterocycles. The molecule has 0 amide bonds. The number of benzene rings is 1. The molecular weight excluding hydrogens is 276 g/mol. The number of hydrogen-bond acceptors (Lipinski definition) is 3. The van der Waals surface area contributed by atoms with Gasteiger partial charge in [-0.1, -0.05) is 24.3 Å². The van der Waals surface area contributed by atoms with E-state index < -0.39 is 0 Å². The average Bonchev–Trinajstić information content (AvgIpc) is 3.23. The highest BCUT2D eigenvalue weighted by atomic mass is 15.3. The summed E-state index contributed by atoms with van der Waals surface area (Å²) in [6, 6.07) is 8.48. The number of nitrogens with zero attached hydrogens (tertiary/aromatic N) is 4. The largest absolute Gasteiger partial charge is 0.356 e. The number of aliphatic imine (C=N–C) groups is 1. The van der Waals surface area contributed by atoms with Gasteiger partial charge < -0.3 is 10.6 Å². The summed E-state index contributed by atoms with van der Waals surface area (Å²) in [5.41, 5.74) is 2.44. The minimum atomic E-state index is 0.739. The van der Waals surface area contributed by atoms with E-state index >= 15 is 0 Å². The zero-order chi connectivity index (χ0) is 15.2. The predicted octanol–water partition coefficient (Wildman–Crippen LogP) is 1.40. The zero-order valence-electron chi connectivity index (χ0n) is 12.9. The first-order chi connectivity index (χ1) is 10.8. The third-order valence-corrected chi connectivity index (χ3v) is 3.74. The minimum absolute atomic E-state index is 0.739. The Morgan fingerprint density at radius 1 is 1.32 bits per heavy atom. The van der Waals surface area contributed by atoms with Gasteiger partial charge in [-0.15, -0.1) is 0 Å². The van der Waals surface area contributed by atoms with Crippen molar-refractivity contribution in [2.75, 3.05) is 13.6 Å². The van der Waals surface area contributed by atoms with Gasteiger partial charge >= 0.3 is 0 Å². The predicted molar refractivity (Wildman–Crippen MR) is 86.5 cm³/mol. The second kappa shape index (κ2) is 7.06. The summed E-state index contributed by atoms with van der Waals surface area (Å²) in [4.78, 5) is 8.22. The Hall–Kier alpha value is -2.37. The van der Waals surface area contributed by atoms with Crippen LogP contribution in [0.3, 0.4) is 0 Å². The van der Waals surface area contributed by atoms with Crippen molar-refractivity contribution in [2.45, 2.75) is 25.9 Å². The summed E-state index contributed by atoms with van der Waals surface area (Å²) >= 11 is 0. The van der Waals surface area contributed by atoms with Crippen LogP contribution in [-0.4, -0.2) is 34.3 Å². The molecule has 116 valence electrons. The Morgan fingerprint density at radius 3 is 2.91 bits per heavy atom. The van der Waals surface area contributed by atoms with Crippen LogP contribution < -0.4 is 10.6 Å². The molecule has 0 bridgehead atoms. The summed E-state index contributed by atoms with van der Waals surface area (Å²) in [7, 11) is 1.81. The molecule has 0 spiro atoms. The third kappa shape index (κ3) is 4.31. The summed E-state index contributed by atoms with van der Waals surface area (Å²) in [6.07, 6.45) is 5.97. The lowest BCUT2D eigenvalue weighted by Crippen LogP contribution is -2.37. The maximum Gasteiger partial charge on any atom is 0.191 e. The van der Waals surface area contributed by atoms with Crippen LogP contribution in [0.15, 0.2) is 41.9 Å². The first kappa shape index (κ1) is 14.6. The second-order valence-electron chi connectivity index (χ2n) is 5.66. The standard InChI is InChI=1S/C16H22N6/c1-17-16(19-8-13-5-6-13)20-9-14-3-2-4-15(7-14)10-22-12-18-11-21-22/h2-4,7,11-13H,5-6,8-10H2,1H3,(H2,17,19,20). The zero-order valence-corrected chi connectivity index (χ0v) is 12.9. The van der Waals surface area contributed by atoms with Gasteiger partial charge in [0.2, 0.25) is 0 Å². The van der Waals surface area contributed by atoms with Gasteiger partial charge in [-0.05, 0) is 29.9 Å². The maximum atomic E-state index is 4.26. The van der Waals surface area contributed by atoms with Crippen LogP contribution >= 0.6 is 0 Å². The molecule has 1 aromatic carbocycles. The Kier molecular flexibility index (Phi) is 4.68. The van der Waals surface area contributed by atoms with E-state index in [9.17, 15) is 0 Å². The molecule has 1 aromatic heterocycles. The molecule has 2 aromatic rings. The van der Waals surface area contributed by atoms with Crippen LogP contribution in [0, 0.1) is 5.92 Å². The Labute approximate surface area is 130 Å². The lowest BCUT2D eigenvalue weighted by Gasteiger charge is -2.12. The van der Waals surface area contributed by atoms with Gasteiger partial charge in [-0.3, -0.25) is 4.99 Å². The van der Waals surface area contributed by atoms with E-state index in [1.165, 1.54) is 24.0 Å². The molecule has 6 heteroatoms. The van der Waals surface area contributed by atoms with Gasteiger partial charge in [-0.25, -0.2) is 9.67 Å². The normalized spacial score (nSPS) is 14.9. The topological polar surface area (TPSA) is 67.1 Å². The summed E-state index contributed by atoms with van der Waals surface area (Å²) in [5.74, 6) is 1.71. The number of guanidine groups is 1. The van der Waals surface area contributed by atoms with Gasteiger partial charge in [0.05, 0.1) is 6.54 Å². The van der Waals surface area contributed by atoms with Gasteiger partial charge in [0.1, 0.15) is 12.7 Å². The molecular formula is C16H22N6. The minimum Gasteiger partial charge on any atom is -0.356 e. The summed E-state index contributed by atoms with van der Waals surface area (Å²) in [6.45, 7) is 2.52. The fraction of sp³-hybridized carbons (Fsp3) is 0.438. The van der Waals surface area contributed by atoms with E-state index in [0.29, 0.717) is 0 Å². The number of hydrogen-bond donors (Lipinski definition) is 2. The first-order valence-corrected chi connectivity index (χ1v) is 7.68. The molecule has 6 nitrogen and oxygen atoms in total. The number of nitrogens with one attached hydrogen (secondary N) is 2. The Bertz CT molecular complexity index is 615. The molecule has 22 heavy (non-hydrogen) atoms. The molecule has 1 fully saturated rings. The van der Waals surface area contributed by atoms with E-state index in [1.54, 1.807) is 12.7 Å². The van der Waals surface area contributed by atoms with Gasteiger partial charge in [-0.2, -0.15) is 5.10 Å². The van der Waals surface area contributed by atoms with E-state index in [1.807, 2.05) is 11.7 Å². The van der Waals surface area contributed by atoms with Crippen molar-refractivity contribution in [1.82, 2.24) is 25.4 Å². The van der Waals surface area contributed by atoms with Crippen LogP contribution in [0.2, 0.25) is 0 Å². The third-order valence-electron chi connectivity index (χ3n) is 3.74. The van der Waals surface area contributed by atoms with Crippen LogP contribution in [-0.2, 0) is 13.1 Å².